The lowest BCUT2D eigenvalue weighted by molar-refractivity contribution is 0.0997. The molecule has 4 rings (SSSR count). The van der Waals surface area contributed by atoms with Crippen LogP contribution in [0.25, 0.3) is 0 Å². The molecule has 0 aliphatic carbocycles. The highest BCUT2D eigenvalue weighted by Gasteiger charge is 2.20. The first kappa shape index (κ1) is 28.3. The molecule has 198 valence electrons. The molecule has 0 aliphatic heterocycles. The summed E-state index contributed by atoms with van der Waals surface area (Å²) in [7, 11) is 0. The second-order valence-electron chi connectivity index (χ2n) is 8.01. The van der Waals surface area contributed by atoms with Crippen LogP contribution in [0.3, 0.4) is 0 Å². The van der Waals surface area contributed by atoms with Gasteiger partial charge in [-0.1, -0.05) is 11.6 Å². The second-order valence-corrected chi connectivity index (χ2v) is 8.36. The van der Waals surface area contributed by atoms with Crippen LogP contribution in [0.5, 0.6) is 0 Å². The third-order valence-corrected chi connectivity index (χ3v) is 5.61. The number of nitrogens with one attached hydrogen (secondary N) is 1. The van der Waals surface area contributed by atoms with E-state index < -0.39 is 34.6 Å². The monoisotopic (exact) mass is 550 g/mol. The van der Waals surface area contributed by atoms with Crippen LogP contribution in [0.15, 0.2) is 47.3 Å². The van der Waals surface area contributed by atoms with Crippen molar-refractivity contribution in [2.75, 3.05) is 0 Å². The Morgan fingerprint density at radius 1 is 0.921 bits per heavy atom. The van der Waals surface area contributed by atoms with Crippen LogP contribution in [0.1, 0.15) is 56.3 Å². The van der Waals surface area contributed by atoms with Crippen LogP contribution in [-0.2, 0) is 13.1 Å². The molecular formula is C25H19ClF4N4O4. The molecule has 0 atom stereocenters. The third-order valence-electron chi connectivity index (χ3n) is 5.21. The number of rotatable bonds is 7. The Morgan fingerprint density at radius 3 is 1.92 bits per heavy atom. The summed E-state index contributed by atoms with van der Waals surface area (Å²) in [5.41, 5.74) is -0.436. The quantitative estimate of drug-likeness (QED) is 0.206. The maximum atomic E-state index is 13.5. The van der Waals surface area contributed by atoms with Crippen molar-refractivity contribution in [3.63, 3.8) is 0 Å². The number of nitrogens with zero attached hydrogens (tertiary/aromatic N) is 3. The van der Waals surface area contributed by atoms with Crippen molar-refractivity contribution in [3.05, 3.63) is 109 Å². The predicted octanol–water partition coefficient (Wildman–Crippen LogP) is 4.58. The maximum Gasteiger partial charge on any atom is 0.267 e. The molecule has 2 aromatic carbocycles. The number of H-pyrrole nitrogens is 1. The van der Waals surface area contributed by atoms with Gasteiger partial charge in [-0.15, -0.1) is 0 Å². The zero-order valence-electron chi connectivity index (χ0n) is 19.9. The van der Waals surface area contributed by atoms with Gasteiger partial charge in [-0.05, 0) is 36.4 Å². The highest BCUT2D eigenvalue weighted by atomic mass is 35.5. The van der Waals surface area contributed by atoms with Crippen molar-refractivity contribution >= 4 is 29.5 Å². The Hall–Kier alpha value is -4.32. The lowest BCUT2D eigenvalue weighted by atomic mass is 10.2. The molecule has 0 unspecified atom stereocenters. The molecular weight excluding hydrogens is 532 g/mol. The molecule has 2 heterocycles. The van der Waals surface area contributed by atoms with Gasteiger partial charge in [-0.2, -0.15) is 5.10 Å². The van der Waals surface area contributed by atoms with E-state index in [9.17, 15) is 36.7 Å². The van der Waals surface area contributed by atoms with E-state index in [1.807, 2.05) is 0 Å². The van der Waals surface area contributed by atoms with Crippen LogP contribution in [0, 0.1) is 23.3 Å². The number of hydrogen-bond donors (Lipinski definition) is 1. The number of carbonyl (C=O) groups excluding carboxylic acids is 3. The molecule has 13 heteroatoms. The Balaban J connectivity index is 0.000000212. The maximum absolute atomic E-state index is 13.5. The molecule has 0 fully saturated rings. The van der Waals surface area contributed by atoms with E-state index in [0.29, 0.717) is 6.29 Å². The van der Waals surface area contributed by atoms with Crippen LogP contribution >= 0.6 is 11.6 Å². The van der Waals surface area contributed by atoms with Crippen LogP contribution < -0.4 is 5.56 Å². The summed E-state index contributed by atoms with van der Waals surface area (Å²) in [6, 6.07) is 7.09. The fraction of sp³-hybridized carbons (Fsp3) is 0.160. The van der Waals surface area contributed by atoms with E-state index >= 15 is 0 Å². The lowest BCUT2D eigenvalue weighted by Gasteiger charge is -2.05. The highest BCUT2D eigenvalue weighted by Crippen LogP contribution is 2.21. The Morgan fingerprint density at radius 2 is 1.47 bits per heavy atom. The predicted molar refractivity (Wildman–Crippen MR) is 129 cm³/mol. The van der Waals surface area contributed by atoms with Gasteiger partial charge < -0.3 is 0 Å². The summed E-state index contributed by atoms with van der Waals surface area (Å²) in [5.74, 6) is -3.17. The first-order chi connectivity index (χ1) is 17.9. The number of aromatic amines is 1. The van der Waals surface area contributed by atoms with Crippen LogP contribution in [-0.4, -0.2) is 37.4 Å². The van der Waals surface area contributed by atoms with Gasteiger partial charge in [0.05, 0.1) is 18.7 Å². The molecule has 4 aromatic rings. The van der Waals surface area contributed by atoms with Gasteiger partial charge >= 0.3 is 0 Å². The number of halogens is 5. The molecule has 2 aromatic heterocycles. The van der Waals surface area contributed by atoms with Gasteiger partial charge in [0.25, 0.3) is 5.56 Å². The smallest absolute Gasteiger partial charge is 0.267 e. The van der Waals surface area contributed by atoms with E-state index in [4.69, 9.17) is 11.6 Å². The molecule has 0 amide bonds. The van der Waals surface area contributed by atoms with E-state index in [0.717, 1.165) is 51.8 Å². The zero-order chi connectivity index (χ0) is 28.1. The van der Waals surface area contributed by atoms with Crippen LogP contribution in [0.4, 0.5) is 17.6 Å². The van der Waals surface area contributed by atoms with Gasteiger partial charge in [0, 0.05) is 31.0 Å². The van der Waals surface area contributed by atoms with E-state index in [1.165, 1.54) is 13.8 Å². The number of aldehydes is 1. The van der Waals surface area contributed by atoms with Crippen molar-refractivity contribution < 1.29 is 31.9 Å². The van der Waals surface area contributed by atoms with Crippen molar-refractivity contribution in [3.8, 4) is 0 Å². The van der Waals surface area contributed by atoms with Crippen molar-refractivity contribution in [2.24, 2.45) is 0 Å². The summed E-state index contributed by atoms with van der Waals surface area (Å²) in [6.07, 6.45) is 0.407. The number of aromatic nitrogens is 4. The van der Waals surface area contributed by atoms with Crippen molar-refractivity contribution in [1.82, 2.24) is 19.6 Å². The lowest BCUT2D eigenvalue weighted by Crippen LogP contribution is -2.17. The average molecular weight is 551 g/mol. The molecule has 8 nitrogen and oxygen atoms in total. The molecule has 38 heavy (non-hydrogen) atoms. The standard InChI is InChI=1S/C13H9ClF2N2O2.C12H10F2N2O2/c1-7(20)12-10(6-19)13(14)18(17-12)5-8-4-9(15)2-3-11(8)16;1-7(17)11-5-12(18)16(15-11)6-8-4-9(13)2-3-10(8)14/h2-4,6H,5H2,1H3;2-5,15H,6H2,1H3. The number of Topliss-reactive ketones (excluding diaryl/α,β-unsaturated/α-hetero) is 2. The summed E-state index contributed by atoms with van der Waals surface area (Å²) >= 11 is 5.92. The number of hydrogen-bond acceptors (Lipinski definition) is 5. The minimum Gasteiger partial charge on any atom is -0.298 e. The summed E-state index contributed by atoms with van der Waals surface area (Å²) in [5, 5.41) is 6.31. The highest BCUT2D eigenvalue weighted by molar-refractivity contribution is 6.32. The molecule has 0 bridgehead atoms. The number of ketones is 2. The number of benzene rings is 2. The fourth-order valence-corrected chi connectivity index (χ4v) is 3.55. The third kappa shape index (κ3) is 6.51. The van der Waals surface area contributed by atoms with E-state index in [-0.39, 0.29) is 52.1 Å². The van der Waals surface area contributed by atoms with Crippen LogP contribution in [0.2, 0.25) is 5.15 Å². The number of carbonyl (C=O) groups is 3. The van der Waals surface area contributed by atoms with Gasteiger partial charge in [-0.3, -0.25) is 24.3 Å². The minimum absolute atomic E-state index is 0.0157. The van der Waals surface area contributed by atoms with Gasteiger partial charge in [0.2, 0.25) is 0 Å². The van der Waals surface area contributed by atoms with Crippen molar-refractivity contribution in [2.45, 2.75) is 26.9 Å². The Bertz CT molecular complexity index is 1590. The van der Waals surface area contributed by atoms with E-state index in [2.05, 4.69) is 10.2 Å². The molecule has 0 aliphatic rings. The molecule has 0 radical (unpaired) electrons. The first-order valence-electron chi connectivity index (χ1n) is 10.8. The largest absolute Gasteiger partial charge is 0.298 e. The van der Waals surface area contributed by atoms with Gasteiger partial charge in [0.15, 0.2) is 17.9 Å². The fourth-order valence-electron chi connectivity index (χ4n) is 3.32. The molecule has 0 spiro atoms. The normalized spacial score (nSPS) is 10.6. The molecule has 0 saturated carbocycles. The summed E-state index contributed by atoms with van der Waals surface area (Å²) < 4.78 is 55.1. The topological polar surface area (TPSA) is 107 Å². The molecule has 0 saturated heterocycles. The summed E-state index contributed by atoms with van der Waals surface area (Å²) in [6.45, 7) is 2.20. The van der Waals surface area contributed by atoms with Crippen molar-refractivity contribution in [1.29, 1.82) is 0 Å². The Kier molecular flexibility index (Phi) is 8.79. The second kappa shape index (κ2) is 11.8. The first-order valence-corrected chi connectivity index (χ1v) is 11.2. The minimum atomic E-state index is -0.630. The average Bonchev–Trinajstić information content (AvgIpc) is 3.38. The summed E-state index contributed by atoms with van der Waals surface area (Å²) in [4.78, 5) is 44.8. The molecule has 1 N–H and O–H groups in total. The SMILES string of the molecule is CC(=O)c1cc(=O)n(Cc2cc(F)ccc2F)[nH]1.CC(=O)c1nn(Cc2cc(F)ccc2F)c(Cl)c1C=O. The van der Waals surface area contributed by atoms with Gasteiger partial charge in [0.1, 0.15) is 39.8 Å². The van der Waals surface area contributed by atoms with E-state index in [1.54, 1.807) is 0 Å². The zero-order valence-corrected chi connectivity index (χ0v) is 20.7. The van der Waals surface area contributed by atoms with Gasteiger partial charge in [-0.25, -0.2) is 26.9 Å². The Labute approximate surface area is 217 Å².